The van der Waals surface area contributed by atoms with Gasteiger partial charge in [-0.1, -0.05) is 18.2 Å². The maximum absolute atomic E-state index is 10.7. The van der Waals surface area contributed by atoms with Gasteiger partial charge in [0.15, 0.2) is 5.88 Å². The number of carboxylic acid groups (broad SMARTS) is 1. The number of hydrogen-bond acceptors (Lipinski definition) is 2. The summed E-state index contributed by atoms with van der Waals surface area (Å²) in [4.78, 5) is 13.7. The van der Waals surface area contributed by atoms with Crippen LogP contribution in [0.5, 0.6) is 5.88 Å². The molecule has 2 N–H and O–H groups in total. The molecule has 0 aliphatic heterocycles. The van der Waals surface area contributed by atoms with E-state index >= 15 is 0 Å². The van der Waals surface area contributed by atoms with Crippen molar-refractivity contribution in [3.63, 3.8) is 0 Å². The molecule has 0 unspecified atom stereocenters. The Morgan fingerprint density at radius 1 is 1.47 bits per heavy atom. The number of nitrogens with one attached hydrogen (secondary N) is 1. The zero-order valence-corrected chi connectivity index (χ0v) is 8.28. The van der Waals surface area contributed by atoms with E-state index in [0.717, 1.165) is 10.9 Å². The van der Waals surface area contributed by atoms with Crippen molar-refractivity contribution in [2.24, 2.45) is 0 Å². The molecule has 0 saturated carbocycles. The van der Waals surface area contributed by atoms with E-state index in [1.54, 1.807) is 0 Å². The molecule has 1 heterocycles. The minimum atomic E-state index is -0.863. The Kier molecular flexibility index (Phi) is 2.33. The number of carbonyl (C=O) groups is 1. The van der Waals surface area contributed by atoms with Gasteiger partial charge in [0.1, 0.15) is 0 Å². The standard InChI is InChI=1S/C11H11NO3/c1-15-11-8(6-10(13)14)7-4-2-3-5-9(7)12-11/h2-5,12H,6H2,1H3,(H,13,14). The highest BCUT2D eigenvalue weighted by atomic mass is 16.5. The minimum Gasteiger partial charge on any atom is -0.482 e. The number of methoxy groups -OCH3 is 1. The van der Waals surface area contributed by atoms with E-state index in [1.807, 2.05) is 24.3 Å². The number of aliphatic carboxylic acids is 1. The van der Waals surface area contributed by atoms with Crippen molar-refractivity contribution in [2.75, 3.05) is 7.11 Å². The molecule has 0 aliphatic rings. The Labute approximate surface area is 86.5 Å². The maximum Gasteiger partial charge on any atom is 0.308 e. The molecule has 0 amide bonds. The zero-order chi connectivity index (χ0) is 10.8. The second-order valence-corrected chi connectivity index (χ2v) is 3.25. The third-order valence-corrected chi connectivity index (χ3v) is 2.31. The summed E-state index contributed by atoms with van der Waals surface area (Å²) in [5.74, 6) is -0.336. The lowest BCUT2D eigenvalue weighted by molar-refractivity contribution is -0.136. The van der Waals surface area contributed by atoms with E-state index in [1.165, 1.54) is 7.11 Å². The van der Waals surface area contributed by atoms with E-state index in [2.05, 4.69) is 4.98 Å². The van der Waals surface area contributed by atoms with Crippen LogP contribution >= 0.6 is 0 Å². The van der Waals surface area contributed by atoms with Crippen LogP contribution in [0.2, 0.25) is 0 Å². The van der Waals surface area contributed by atoms with Crippen LogP contribution in [0.4, 0.5) is 0 Å². The van der Waals surface area contributed by atoms with Crippen LogP contribution in [0.1, 0.15) is 5.56 Å². The number of hydrogen-bond donors (Lipinski definition) is 2. The van der Waals surface area contributed by atoms with Crippen LogP contribution < -0.4 is 4.74 Å². The van der Waals surface area contributed by atoms with Crippen molar-refractivity contribution < 1.29 is 14.6 Å². The van der Waals surface area contributed by atoms with Crippen molar-refractivity contribution in [2.45, 2.75) is 6.42 Å². The Morgan fingerprint density at radius 2 is 2.20 bits per heavy atom. The molecule has 4 heteroatoms. The molecule has 0 spiro atoms. The summed E-state index contributed by atoms with van der Waals surface area (Å²) in [7, 11) is 1.52. The van der Waals surface area contributed by atoms with Crippen LogP contribution in [0, 0.1) is 0 Å². The van der Waals surface area contributed by atoms with Crippen LogP contribution in [0.25, 0.3) is 10.9 Å². The molecular formula is C11H11NO3. The quantitative estimate of drug-likeness (QED) is 0.803. The van der Waals surface area contributed by atoms with Gasteiger partial charge in [0.05, 0.1) is 13.5 Å². The molecule has 4 nitrogen and oxygen atoms in total. The Hall–Kier alpha value is -1.97. The predicted molar refractivity (Wildman–Crippen MR) is 56.2 cm³/mol. The average Bonchev–Trinajstić information content (AvgIpc) is 2.56. The number of aromatic nitrogens is 1. The summed E-state index contributed by atoms with van der Waals surface area (Å²) in [6.07, 6.45) is -0.0345. The van der Waals surface area contributed by atoms with Crippen LogP contribution in [0.15, 0.2) is 24.3 Å². The predicted octanol–water partition coefficient (Wildman–Crippen LogP) is 1.80. The van der Waals surface area contributed by atoms with E-state index in [-0.39, 0.29) is 6.42 Å². The summed E-state index contributed by atoms with van der Waals surface area (Å²) in [6, 6.07) is 7.54. The van der Waals surface area contributed by atoms with Crippen LogP contribution in [-0.2, 0) is 11.2 Å². The van der Waals surface area contributed by atoms with Gasteiger partial charge < -0.3 is 14.8 Å². The molecule has 0 aliphatic carbocycles. The summed E-state index contributed by atoms with van der Waals surface area (Å²) in [6.45, 7) is 0. The lowest BCUT2D eigenvalue weighted by atomic mass is 10.1. The first kappa shape index (κ1) is 9.58. The number of aromatic amines is 1. The number of rotatable bonds is 3. The lowest BCUT2D eigenvalue weighted by Crippen LogP contribution is -2.01. The first-order valence-electron chi connectivity index (χ1n) is 4.57. The highest BCUT2D eigenvalue weighted by Gasteiger charge is 2.14. The van der Waals surface area contributed by atoms with E-state index in [9.17, 15) is 4.79 Å². The summed E-state index contributed by atoms with van der Waals surface area (Å²) < 4.78 is 5.11. The van der Waals surface area contributed by atoms with E-state index < -0.39 is 5.97 Å². The number of ether oxygens (including phenoxy) is 1. The SMILES string of the molecule is COc1[nH]c2ccccc2c1CC(=O)O. The van der Waals surface area contributed by atoms with Crippen molar-refractivity contribution in [3.05, 3.63) is 29.8 Å². The highest BCUT2D eigenvalue weighted by molar-refractivity contribution is 5.89. The van der Waals surface area contributed by atoms with Gasteiger partial charge in [0.25, 0.3) is 0 Å². The molecule has 1 aromatic carbocycles. The third kappa shape index (κ3) is 1.66. The lowest BCUT2D eigenvalue weighted by Gasteiger charge is -1.99. The smallest absolute Gasteiger partial charge is 0.308 e. The summed E-state index contributed by atoms with van der Waals surface area (Å²) in [5, 5.41) is 9.70. The maximum atomic E-state index is 10.7. The van der Waals surface area contributed by atoms with Gasteiger partial charge in [-0.3, -0.25) is 4.79 Å². The number of fused-ring (bicyclic) bond motifs is 1. The molecule has 0 atom stereocenters. The summed E-state index contributed by atoms with van der Waals surface area (Å²) >= 11 is 0. The highest BCUT2D eigenvalue weighted by Crippen LogP contribution is 2.27. The minimum absolute atomic E-state index is 0.0345. The van der Waals surface area contributed by atoms with Gasteiger partial charge in [-0.2, -0.15) is 0 Å². The zero-order valence-electron chi connectivity index (χ0n) is 8.28. The van der Waals surface area contributed by atoms with E-state index in [4.69, 9.17) is 9.84 Å². The monoisotopic (exact) mass is 205 g/mol. The van der Waals surface area contributed by atoms with Crippen molar-refractivity contribution in [1.82, 2.24) is 4.98 Å². The normalized spacial score (nSPS) is 10.5. The number of benzene rings is 1. The second kappa shape index (κ2) is 3.65. The van der Waals surface area contributed by atoms with Gasteiger partial charge in [-0.25, -0.2) is 0 Å². The molecule has 2 rings (SSSR count). The van der Waals surface area contributed by atoms with Gasteiger partial charge in [-0.15, -0.1) is 0 Å². The average molecular weight is 205 g/mol. The number of para-hydroxylation sites is 1. The molecule has 2 aromatic rings. The van der Waals surface area contributed by atoms with Crippen molar-refractivity contribution >= 4 is 16.9 Å². The van der Waals surface area contributed by atoms with Crippen LogP contribution in [-0.4, -0.2) is 23.2 Å². The Balaban J connectivity index is 2.61. The molecule has 0 bridgehead atoms. The Bertz CT molecular complexity index is 502. The first-order valence-corrected chi connectivity index (χ1v) is 4.57. The van der Waals surface area contributed by atoms with E-state index in [0.29, 0.717) is 11.4 Å². The van der Waals surface area contributed by atoms with Gasteiger partial charge in [0, 0.05) is 16.5 Å². The summed E-state index contributed by atoms with van der Waals surface area (Å²) in [5.41, 5.74) is 1.59. The van der Waals surface area contributed by atoms with Crippen molar-refractivity contribution in [3.8, 4) is 5.88 Å². The molecule has 1 aromatic heterocycles. The fraction of sp³-hybridized carbons (Fsp3) is 0.182. The molecular weight excluding hydrogens is 194 g/mol. The van der Waals surface area contributed by atoms with Gasteiger partial charge >= 0.3 is 5.97 Å². The molecule has 15 heavy (non-hydrogen) atoms. The Morgan fingerprint density at radius 3 is 2.87 bits per heavy atom. The fourth-order valence-electron chi connectivity index (χ4n) is 1.68. The second-order valence-electron chi connectivity index (χ2n) is 3.25. The van der Waals surface area contributed by atoms with Crippen molar-refractivity contribution in [1.29, 1.82) is 0 Å². The third-order valence-electron chi connectivity index (χ3n) is 2.31. The molecule has 78 valence electrons. The molecule has 0 radical (unpaired) electrons. The molecule has 0 fully saturated rings. The van der Waals surface area contributed by atoms with Gasteiger partial charge in [0.2, 0.25) is 0 Å². The topological polar surface area (TPSA) is 62.3 Å². The first-order chi connectivity index (χ1) is 7.22. The largest absolute Gasteiger partial charge is 0.482 e. The fourth-order valence-corrected chi connectivity index (χ4v) is 1.68. The number of H-pyrrole nitrogens is 1. The van der Waals surface area contributed by atoms with Crippen LogP contribution in [0.3, 0.4) is 0 Å². The molecule has 0 saturated heterocycles. The number of carboxylic acids is 1. The van der Waals surface area contributed by atoms with Gasteiger partial charge in [-0.05, 0) is 6.07 Å².